The van der Waals surface area contributed by atoms with Gasteiger partial charge in [0.2, 0.25) is 5.91 Å². The largest absolute Gasteiger partial charge is 0.461 e. The first-order chi connectivity index (χ1) is 20.0. The molecule has 230 valence electrons. The Morgan fingerprint density at radius 1 is 1.17 bits per heavy atom. The van der Waals surface area contributed by atoms with E-state index in [1.165, 1.54) is 11.0 Å². The van der Waals surface area contributed by atoms with E-state index in [4.69, 9.17) is 9.47 Å². The summed E-state index contributed by atoms with van der Waals surface area (Å²) < 4.78 is 12.3. The Morgan fingerprint density at radius 2 is 1.79 bits per heavy atom. The quantitative estimate of drug-likeness (QED) is 0.279. The van der Waals surface area contributed by atoms with E-state index in [1.54, 1.807) is 11.0 Å². The molecule has 4 rings (SSSR count). The Hall–Kier alpha value is -3.17. The molecule has 9 heteroatoms. The van der Waals surface area contributed by atoms with Crippen LogP contribution >= 0.6 is 0 Å². The molecule has 0 aromatic heterocycles. The van der Waals surface area contributed by atoms with Gasteiger partial charge in [-0.3, -0.25) is 14.4 Å². The molecule has 0 radical (unpaired) electrons. The summed E-state index contributed by atoms with van der Waals surface area (Å²) in [5.41, 5.74) is -0.512. The van der Waals surface area contributed by atoms with E-state index in [2.05, 4.69) is 31.9 Å². The first-order valence-electron chi connectivity index (χ1n) is 15.1. The van der Waals surface area contributed by atoms with Gasteiger partial charge in [-0.15, -0.1) is 6.58 Å². The topological polar surface area (TPSA) is 99.6 Å². The van der Waals surface area contributed by atoms with Gasteiger partial charge in [0.15, 0.2) is 0 Å². The molecule has 3 heterocycles. The lowest BCUT2D eigenvalue weighted by Crippen LogP contribution is -2.60. The second-order valence-corrected chi connectivity index (χ2v) is 12.3. The lowest BCUT2D eigenvalue weighted by Gasteiger charge is -2.40. The number of aliphatic hydroxyl groups is 1. The molecule has 1 aromatic carbocycles. The van der Waals surface area contributed by atoms with Gasteiger partial charge in [-0.1, -0.05) is 39.5 Å². The lowest BCUT2D eigenvalue weighted by atomic mass is 9.62. The van der Waals surface area contributed by atoms with E-state index in [-0.39, 0.29) is 43.4 Å². The third-order valence-electron chi connectivity index (χ3n) is 9.77. The van der Waals surface area contributed by atoms with Crippen molar-refractivity contribution in [2.45, 2.75) is 71.2 Å². The Balaban J connectivity index is 1.84. The maximum absolute atomic E-state index is 14.8. The van der Waals surface area contributed by atoms with Crippen molar-refractivity contribution in [3.8, 4) is 0 Å². The molecule has 2 bridgehead atoms. The molecule has 1 spiro atoms. The summed E-state index contributed by atoms with van der Waals surface area (Å²) in [5.74, 6) is -3.27. The second-order valence-electron chi connectivity index (χ2n) is 12.3. The van der Waals surface area contributed by atoms with Crippen molar-refractivity contribution in [3.05, 3.63) is 49.6 Å². The molecule has 2 amide bonds. The molecular formula is C33H47N3O6. The van der Waals surface area contributed by atoms with E-state index < -0.39 is 41.1 Å². The highest BCUT2D eigenvalue weighted by molar-refractivity contribution is 6.05. The monoisotopic (exact) mass is 581 g/mol. The zero-order valence-corrected chi connectivity index (χ0v) is 25.9. The zero-order valence-electron chi connectivity index (χ0n) is 25.9. The minimum atomic E-state index is -1.25. The lowest BCUT2D eigenvalue weighted by molar-refractivity contribution is -0.162. The Labute approximate surface area is 250 Å². The number of rotatable bonds is 13. The molecule has 3 saturated heterocycles. The second kappa shape index (κ2) is 12.2. The van der Waals surface area contributed by atoms with Crippen molar-refractivity contribution in [2.24, 2.45) is 23.7 Å². The molecule has 1 N–H and O–H groups in total. The van der Waals surface area contributed by atoms with Gasteiger partial charge in [-0.25, -0.2) is 0 Å². The number of anilines is 2. The fourth-order valence-electron chi connectivity index (χ4n) is 7.55. The van der Waals surface area contributed by atoms with Gasteiger partial charge in [-0.2, -0.15) is 0 Å². The third kappa shape index (κ3) is 4.84. The van der Waals surface area contributed by atoms with Crippen molar-refractivity contribution in [3.63, 3.8) is 0 Å². The number of benzene rings is 1. The summed E-state index contributed by atoms with van der Waals surface area (Å²) in [6.07, 6.45) is 3.57. The van der Waals surface area contributed by atoms with Gasteiger partial charge in [0.1, 0.15) is 24.2 Å². The Kier molecular flexibility index (Phi) is 9.23. The molecular weight excluding hydrogens is 534 g/mol. The number of carbonyl (C=O) groups is 3. The molecule has 3 aliphatic heterocycles. The average molecular weight is 582 g/mol. The van der Waals surface area contributed by atoms with Crippen LogP contribution in [0.5, 0.6) is 0 Å². The average Bonchev–Trinajstić information content (AvgIpc) is 3.48. The highest BCUT2D eigenvalue weighted by Gasteiger charge is 2.81. The first-order valence-corrected chi connectivity index (χ1v) is 15.1. The number of likely N-dealkylation sites (tertiary alicyclic amines) is 1. The van der Waals surface area contributed by atoms with Gasteiger partial charge in [0.05, 0.1) is 24.2 Å². The number of carbonyl (C=O) groups excluding carboxylic acids is 3. The summed E-state index contributed by atoms with van der Waals surface area (Å²) in [5, 5.41) is 10.5. The molecule has 0 saturated carbocycles. The van der Waals surface area contributed by atoms with E-state index in [0.29, 0.717) is 12.1 Å². The van der Waals surface area contributed by atoms with Crippen LogP contribution in [0.15, 0.2) is 49.6 Å². The van der Waals surface area contributed by atoms with E-state index in [0.717, 1.165) is 18.8 Å². The van der Waals surface area contributed by atoms with Crippen LogP contribution in [0.2, 0.25) is 0 Å². The van der Waals surface area contributed by atoms with E-state index >= 15 is 0 Å². The van der Waals surface area contributed by atoms with Gasteiger partial charge in [-0.05, 0) is 63.3 Å². The van der Waals surface area contributed by atoms with Crippen LogP contribution in [0.25, 0.3) is 0 Å². The number of hydrogen-bond donors (Lipinski definition) is 1. The summed E-state index contributed by atoms with van der Waals surface area (Å²) in [7, 11) is 0. The smallest absolute Gasteiger partial charge is 0.313 e. The van der Waals surface area contributed by atoms with Crippen molar-refractivity contribution in [1.29, 1.82) is 0 Å². The van der Waals surface area contributed by atoms with Crippen LogP contribution in [0.1, 0.15) is 48.0 Å². The summed E-state index contributed by atoms with van der Waals surface area (Å²) in [4.78, 5) is 48.1. The fraction of sp³-hybridized carbons (Fsp3) is 0.606. The molecule has 7 atom stereocenters. The number of aliphatic hydroxyl groups excluding tert-OH is 1. The maximum atomic E-state index is 14.8. The summed E-state index contributed by atoms with van der Waals surface area (Å²) in [6, 6.07) is 6.10. The Bertz CT molecular complexity index is 1200. The van der Waals surface area contributed by atoms with Crippen LogP contribution in [0, 0.1) is 23.7 Å². The minimum absolute atomic E-state index is 0.0155. The molecule has 3 aliphatic rings. The zero-order chi connectivity index (χ0) is 31.0. The summed E-state index contributed by atoms with van der Waals surface area (Å²) in [6.45, 7) is 21.0. The van der Waals surface area contributed by atoms with Crippen LogP contribution in [-0.2, 0) is 23.9 Å². The maximum Gasteiger partial charge on any atom is 0.313 e. The predicted octanol–water partition coefficient (Wildman–Crippen LogP) is 3.81. The molecule has 3 fully saturated rings. The van der Waals surface area contributed by atoms with Crippen molar-refractivity contribution in [2.75, 3.05) is 42.6 Å². The van der Waals surface area contributed by atoms with Crippen LogP contribution in [-0.4, -0.2) is 83.9 Å². The van der Waals surface area contributed by atoms with Crippen molar-refractivity contribution < 1.29 is 29.0 Å². The van der Waals surface area contributed by atoms with Crippen molar-refractivity contribution in [1.82, 2.24) is 4.90 Å². The van der Waals surface area contributed by atoms with E-state index in [1.807, 2.05) is 52.0 Å². The third-order valence-corrected chi connectivity index (χ3v) is 9.77. The van der Waals surface area contributed by atoms with Crippen LogP contribution in [0.3, 0.4) is 0 Å². The molecule has 42 heavy (non-hydrogen) atoms. The molecule has 1 aromatic rings. The number of esters is 1. The van der Waals surface area contributed by atoms with Crippen molar-refractivity contribution >= 4 is 29.2 Å². The minimum Gasteiger partial charge on any atom is -0.461 e. The highest BCUT2D eigenvalue weighted by Crippen LogP contribution is 2.66. The molecule has 0 aliphatic carbocycles. The molecule has 3 unspecified atom stereocenters. The Morgan fingerprint density at radius 3 is 2.31 bits per heavy atom. The van der Waals surface area contributed by atoms with Gasteiger partial charge < -0.3 is 29.3 Å². The first kappa shape index (κ1) is 31.8. The number of hydrogen-bond acceptors (Lipinski definition) is 7. The highest BCUT2D eigenvalue weighted by atomic mass is 16.6. The van der Waals surface area contributed by atoms with E-state index in [9.17, 15) is 19.5 Å². The van der Waals surface area contributed by atoms with Gasteiger partial charge in [0, 0.05) is 31.0 Å². The van der Waals surface area contributed by atoms with Crippen LogP contribution < -0.4 is 9.80 Å². The normalized spacial score (nSPS) is 30.3. The standard InChI is InChI=1S/C33H47N3O6/c1-9-17-35(24-15-13-23(14-16-24)34(11-3)12-4)30(39)28-33-19-22(7)32(8,42-33)27(31(40)41-18-10-2)26(33)29(38)36(28)25(20-37)21(5)6/h9-10,13-16,21-22,25-28,37H,1-2,11-12,17-20H2,3-8H3/t22?,25-,26-,27+,28?,32-,33?/m0/s1. The number of amides is 2. The van der Waals surface area contributed by atoms with Gasteiger partial charge >= 0.3 is 5.97 Å². The van der Waals surface area contributed by atoms with Gasteiger partial charge in [0.25, 0.3) is 5.91 Å². The predicted molar refractivity (Wildman–Crippen MR) is 163 cm³/mol. The number of nitrogens with zero attached hydrogens (tertiary/aromatic N) is 3. The number of fused-ring (bicyclic) bond motifs is 1. The number of ether oxygens (including phenoxy) is 2. The molecule has 9 nitrogen and oxygen atoms in total. The fourth-order valence-corrected chi connectivity index (χ4v) is 7.55. The van der Waals surface area contributed by atoms with Crippen LogP contribution in [0.4, 0.5) is 11.4 Å². The SMILES string of the molecule is C=CCOC(=O)[C@H]1[C@H]2C(=O)N([C@@H](CO)C(C)C)C(C(=O)N(CC=C)c3ccc(N(CC)CC)cc3)C23CC(C)[C@]1(C)O3. The summed E-state index contributed by atoms with van der Waals surface area (Å²) >= 11 is 0.